The van der Waals surface area contributed by atoms with Gasteiger partial charge in [0, 0.05) is 5.56 Å². The minimum Gasteiger partial charge on any atom is -0.299 e. The second kappa shape index (κ2) is 3.99. The van der Waals surface area contributed by atoms with Gasteiger partial charge in [-0.3, -0.25) is 9.59 Å². The summed E-state index contributed by atoms with van der Waals surface area (Å²) in [5, 5.41) is 0. The lowest BCUT2D eigenvalue weighted by atomic mass is 9.96. The molecule has 2 nitrogen and oxygen atoms in total. The Kier molecular flexibility index (Phi) is 2.96. The van der Waals surface area contributed by atoms with Gasteiger partial charge in [0.25, 0.3) is 0 Å². The van der Waals surface area contributed by atoms with E-state index < -0.39 is 5.92 Å². The average Bonchev–Trinajstić information content (AvgIpc) is 2.17. The molecule has 1 unspecified atom stereocenters. The van der Waals surface area contributed by atoms with E-state index >= 15 is 0 Å². The number of hydrogen-bond donors (Lipinski definition) is 0. The Bertz CT molecular complexity index is 314. The lowest BCUT2D eigenvalue weighted by Crippen LogP contribution is -2.18. The van der Waals surface area contributed by atoms with E-state index in [0.29, 0.717) is 5.56 Å². The number of Topliss-reactive ketones (excluding diaryl/α,β-unsaturated/α-hetero) is 2. The van der Waals surface area contributed by atoms with Gasteiger partial charge in [0.2, 0.25) is 0 Å². The van der Waals surface area contributed by atoms with Gasteiger partial charge in [0.1, 0.15) is 5.78 Å². The van der Waals surface area contributed by atoms with Crippen LogP contribution in [-0.2, 0) is 4.79 Å². The zero-order chi connectivity index (χ0) is 9.84. The number of benzene rings is 1. The third kappa shape index (κ3) is 2.25. The van der Waals surface area contributed by atoms with Crippen LogP contribution in [0.4, 0.5) is 0 Å². The van der Waals surface area contributed by atoms with Crippen molar-refractivity contribution in [1.82, 2.24) is 0 Å². The van der Waals surface area contributed by atoms with Gasteiger partial charge in [0.15, 0.2) is 5.78 Å². The van der Waals surface area contributed by atoms with E-state index in [2.05, 4.69) is 6.07 Å². The van der Waals surface area contributed by atoms with Crippen molar-refractivity contribution in [2.45, 2.75) is 13.8 Å². The maximum absolute atomic E-state index is 11.6. The van der Waals surface area contributed by atoms with Crippen LogP contribution in [0.5, 0.6) is 0 Å². The summed E-state index contributed by atoms with van der Waals surface area (Å²) in [7, 11) is 0. The van der Waals surface area contributed by atoms with Crippen LogP contribution < -0.4 is 0 Å². The van der Waals surface area contributed by atoms with Crippen LogP contribution in [0.3, 0.4) is 0 Å². The minimum atomic E-state index is -0.539. The molecule has 1 radical (unpaired) electrons. The van der Waals surface area contributed by atoms with Crippen LogP contribution >= 0.6 is 0 Å². The van der Waals surface area contributed by atoms with E-state index in [9.17, 15) is 9.59 Å². The number of rotatable bonds is 3. The molecule has 0 amide bonds. The van der Waals surface area contributed by atoms with Gasteiger partial charge in [-0.15, -0.1) is 0 Å². The van der Waals surface area contributed by atoms with Gasteiger partial charge in [-0.1, -0.05) is 24.3 Å². The van der Waals surface area contributed by atoms with Crippen LogP contribution in [-0.4, -0.2) is 11.6 Å². The second-order valence-electron chi connectivity index (χ2n) is 2.99. The van der Waals surface area contributed by atoms with Crippen LogP contribution in [0.1, 0.15) is 24.2 Å². The molecular formula is C11H11O2. The number of carbonyl (C=O) groups excluding carboxylic acids is 2. The quantitative estimate of drug-likeness (QED) is 0.519. The minimum absolute atomic E-state index is 0.0992. The molecule has 1 aromatic carbocycles. The second-order valence-corrected chi connectivity index (χ2v) is 2.99. The molecule has 1 atom stereocenters. The molecule has 0 heterocycles. The maximum atomic E-state index is 11.6. The van der Waals surface area contributed by atoms with E-state index in [1.807, 2.05) is 0 Å². The molecule has 2 heteroatoms. The van der Waals surface area contributed by atoms with Crippen LogP contribution in [0.25, 0.3) is 0 Å². The molecular weight excluding hydrogens is 164 g/mol. The van der Waals surface area contributed by atoms with E-state index in [4.69, 9.17) is 0 Å². The van der Waals surface area contributed by atoms with Gasteiger partial charge < -0.3 is 0 Å². The highest BCUT2D eigenvalue weighted by atomic mass is 16.1. The first kappa shape index (κ1) is 9.65. The molecule has 0 aliphatic rings. The summed E-state index contributed by atoms with van der Waals surface area (Å²) in [6.07, 6.45) is 0. The SMILES string of the molecule is CC(=O)C(C)C(=O)c1cc[c]cc1. The molecule has 0 saturated carbocycles. The van der Waals surface area contributed by atoms with E-state index in [0.717, 1.165) is 0 Å². The zero-order valence-corrected chi connectivity index (χ0v) is 7.70. The maximum Gasteiger partial charge on any atom is 0.173 e. The molecule has 0 N–H and O–H groups in total. The molecule has 0 aliphatic heterocycles. The van der Waals surface area contributed by atoms with Gasteiger partial charge in [-0.05, 0) is 19.9 Å². The van der Waals surface area contributed by atoms with Crippen LogP contribution in [0.15, 0.2) is 24.3 Å². The standard InChI is InChI=1S/C11H11O2/c1-8(9(2)12)11(13)10-6-4-3-5-7-10/h4-8H,1-2H3. The molecule has 0 aliphatic carbocycles. The predicted molar refractivity (Wildman–Crippen MR) is 49.5 cm³/mol. The fourth-order valence-corrected chi connectivity index (χ4v) is 0.986. The van der Waals surface area contributed by atoms with Crippen molar-refractivity contribution < 1.29 is 9.59 Å². The first-order valence-electron chi connectivity index (χ1n) is 4.13. The average molecular weight is 175 g/mol. The first-order valence-corrected chi connectivity index (χ1v) is 4.13. The van der Waals surface area contributed by atoms with Gasteiger partial charge in [-0.25, -0.2) is 0 Å². The summed E-state index contributed by atoms with van der Waals surface area (Å²) in [5.41, 5.74) is 0.571. The van der Waals surface area contributed by atoms with Crippen molar-refractivity contribution in [3.63, 3.8) is 0 Å². The van der Waals surface area contributed by atoms with Crippen molar-refractivity contribution in [2.75, 3.05) is 0 Å². The molecule has 0 spiro atoms. The summed E-state index contributed by atoms with van der Waals surface area (Å²) in [5.74, 6) is -0.762. The Balaban J connectivity index is 2.86. The Hall–Kier alpha value is -1.44. The topological polar surface area (TPSA) is 34.1 Å². The Morgan fingerprint density at radius 1 is 1.31 bits per heavy atom. The smallest absolute Gasteiger partial charge is 0.173 e. The summed E-state index contributed by atoms with van der Waals surface area (Å²) in [6.45, 7) is 3.05. The van der Waals surface area contributed by atoms with E-state index in [1.165, 1.54) is 6.92 Å². The molecule has 0 fully saturated rings. The van der Waals surface area contributed by atoms with Gasteiger partial charge in [-0.2, -0.15) is 0 Å². The van der Waals surface area contributed by atoms with Crippen molar-refractivity contribution in [3.8, 4) is 0 Å². The third-order valence-corrected chi connectivity index (χ3v) is 2.01. The molecule has 13 heavy (non-hydrogen) atoms. The van der Waals surface area contributed by atoms with E-state index in [-0.39, 0.29) is 11.6 Å². The molecule has 1 rings (SSSR count). The van der Waals surface area contributed by atoms with Crippen molar-refractivity contribution >= 4 is 11.6 Å². The molecule has 0 saturated heterocycles. The van der Waals surface area contributed by atoms with E-state index in [1.54, 1.807) is 31.2 Å². The summed E-state index contributed by atoms with van der Waals surface area (Å²) in [6, 6.07) is 9.49. The third-order valence-electron chi connectivity index (χ3n) is 2.01. The fraction of sp³-hybridized carbons (Fsp3) is 0.273. The Morgan fingerprint density at radius 2 is 1.85 bits per heavy atom. The van der Waals surface area contributed by atoms with Gasteiger partial charge >= 0.3 is 0 Å². The largest absolute Gasteiger partial charge is 0.299 e. The molecule has 1 aromatic rings. The highest BCUT2D eigenvalue weighted by Gasteiger charge is 2.18. The van der Waals surface area contributed by atoms with Crippen molar-refractivity contribution in [3.05, 3.63) is 35.9 Å². The monoisotopic (exact) mass is 175 g/mol. The Morgan fingerprint density at radius 3 is 2.31 bits per heavy atom. The highest BCUT2D eigenvalue weighted by molar-refractivity contribution is 6.09. The summed E-state index contributed by atoms with van der Waals surface area (Å²) >= 11 is 0. The highest BCUT2D eigenvalue weighted by Crippen LogP contribution is 2.08. The van der Waals surface area contributed by atoms with Crippen molar-refractivity contribution in [2.24, 2.45) is 5.92 Å². The number of ketones is 2. The first-order chi connectivity index (χ1) is 6.13. The lowest BCUT2D eigenvalue weighted by Gasteiger charge is -2.05. The fourth-order valence-electron chi connectivity index (χ4n) is 0.986. The normalized spacial score (nSPS) is 12.2. The molecule has 0 bridgehead atoms. The van der Waals surface area contributed by atoms with Crippen molar-refractivity contribution in [1.29, 1.82) is 0 Å². The Labute approximate surface area is 77.6 Å². The van der Waals surface area contributed by atoms with Crippen LogP contribution in [0.2, 0.25) is 0 Å². The summed E-state index contributed by atoms with van der Waals surface area (Å²) in [4.78, 5) is 22.5. The number of hydrogen-bond acceptors (Lipinski definition) is 2. The molecule has 67 valence electrons. The number of carbonyl (C=O) groups is 2. The predicted octanol–water partition coefficient (Wildman–Crippen LogP) is 1.89. The lowest BCUT2D eigenvalue weighted by molar-refractivity contribution is -0.118. The summed E-state index contributed by atoms with van der Waals surface area (Å²) < 4.78 is 0. The molecule has 0 aromatic heterocycles. The van der Waals surface area contributed by atoms with Crippen LogP contribution in [0, 0.1) is 12.0 Å². The van der Waals surface area contributed by atoms with Gasteiger partial charge in [0.05, 0.1) is 5.92 Å². The zero-order valence-electron chi connectivity index (χ0n) is 7.70.